The third-order valence-electron chi connectivity index (χ3n) is 2.81. The topological polar surface area (TPSA) is 24.1 Å². The van der Waals surface area contributed by atoms with Crippen molar-refractivity contribution in [2.75, 3.05) is 10.6 Å². The van der Waals surface area contributed by atoms with Crippen molar-refractivity contribution in [1.82, 2.24) is 0 Å². The maximum atomic E-state index is 3.52. The number of hydrogen-bond donors (Lipinski definition) is 2. The molecule has 0 aromatic heterocycles. The molecule has 2 nitrogen and oxygen atoms in total. The molecular formula is C16H20N2. The van der Waals surface area contributed by atoms with Crippen LogP contribution >= 0.6 is 0 Å². The average molecular weight is 240 g/mol. The van der Waals surface area contributed by atoms with Crippen LogP contribution in [0, 0.1) is 0 Å². The second-order valence-electron chi connectivity index (χ2n) is 4.36. The molecule has 0 aliphatic heterocycles. The van der Waals surface area contributed by atoms with E-state index >= 15 is 0 Å². The Labute approximate surface area is 109 Å². The van der Waals surface area contributed by atoms with Crippen LogP contribution < -0.4 is 10.6 Å². The summed E-state index contributed by atoms with van der Waals surface area (Å²) in [6.07, 6.45) is 2.49. The fourth-order valence-corrected chi connectivity index (χ4v) is 1.94. The lowest BCUT2D eigenvalue weighted by molar-refractivity contribution is 0.702. The number of hydrogen-bond acceptors (Lipinski definition) is 2. The SMILES string of the molecule is CCCC(Nc1ccccc1)Nc1ccccc1. The Morgan fingerprint density at radius 2 is 1.22 bits per heavy atom. The molecule has 0 radical (unpaired) electrons. The largest absolute Gasteiger partial charge is 0.365 e. The van der Waals surface area contributed by atoms with Gasteiger partial charge in [-0.25, -0.2) is 0 Å². The van der Waals surface area contributed by atoms with E-state index in [1.54, 1.807) is 0 Å². The zero-order valence-corrected chi connectivity index (χ0v) is 10.8. The molecule has 2 aromatic rings. The van der Waals surface area contributed by atoms with E-state index in [4.69, 9.17) is 0 Å². The molecule has 0 saturated heterocycles. The van der Waals surface area contributed by atoms with Gasteiger partial charge in [0.15, 0.2) is 0 Å². The predicted molar refractivity (Wildman–Crippen MR) is 78.8 cm³/mol. The Morgan fingerprint density at radius 1 is 0.778 bits per heavy atom. The molecule has 2 N–H and O–H groups in total. The lowest BCUT2D eigenvalue weighted by atomic mass is 10.2. The molecule has 0 unspecified atom stereocenters. The highest BCUT2D eigenvalue weighted by molar-refractivity contribution is 5.48. The smallest absolute Gasteiger partial charge is 0.0963 e. The summed E-state index contributed by atoms with van der Waals surface area (Å²) >= 11 is 0. The van der Waals surface area contributed by atoms with Gasteiger partial charge in [-0.3, -0.25) is 0 Å². The first-order valence-corrected chi connectivity index (χ1v) is 6.51. The zero-order chi connectivity index (χ0) is 12.6. The fourth-order valence-electron chi connectivity index (χ4n) is 1.94. The molecular weight excluding hydrogens is 220 g/mol. The van der Waals surface area contributed by atoms with Gasteiger partial charge in [0.2, 0.25) is 0 Å². The highest BCUT2D eigenvalue weighted by atomic mass is 15.1. The monoisotopic (exact) mass is 240 g/mol. The number of para-hydroxylation sites is 2. The first-order chi connectivity index (χ1) is 8.88. The van der Waals surface area contributed by atoms with E-state index < -0.39 is 0 Å². The van der Waals surface area contributed by atoms with E-state index in [0.29, 0.717) is 0 Å². The Kier molecular flexibility index (Phi) is 4.65. The van der Waals surface area contributed by atoms with Gasteiger partial charge in [0.05, 0.1) is 6.17 Å². The van der Waals surface area contributed by atoms with Crippen LogP contribution in [-0.2, 0) is 0 Å². The van der Waals surface area contributed by atoms with Crippen LogP contribution in [0.2, 0.25) is 0 Å². The predicted octanol–water partition coefficient (Wildman–Crippen LogP) is 4.34. The summed E-state index contributed by atoms with van der Waals surface area (Å²) in [7, 11) is 0. The number of nitrogens with one attached hydrogen (secondary N) is 2. The van der Waals surface area contributed by atoms with Crippen molar-refractivity contribution < 1.29 is 0 Å². The Balaban J connectivity index is 2.00. The summed E-state index contributed by atoms with van der Waals surface area (Å²) in [6.45, 7) is 2.20. The molecule has 18 heavy (non-hydrogen) atoms. The molecule has 0 aliphatic rings. The van der Waals surface area contributed by atoms with Crippen molar-refractivity contribution in [2.24, 2.45) is 0 Å². The Morgan fingerprint density at radius 3 is 1.61 bits per heavy atom. The second kappa shape index (κ2) is 6.70. The number of rotatable bonds is 6. The van der Waals surface area contributed by atoms with Gasteiger partial charge in [-0.2, -0.15) is 0 Å². The summed E-state index contributed by atoms with van der Waals surface area (Å²) in [4.78, 5) is 0. The molecule has 2 rings (SSSR count). The number of benzene rings is 2. The molecule has 0 fully saturated rings. The van der Waals surface area contributed by atoms with Crippen molar-refractivity contribution in [3.8, 4) is 0 Å². The van der Waals surface area contributed by atoms with Gasteiger partial charge >= 0.3 is 0 Å². The number of anilines is 2. The molecule has 0 heterocycles. The van der Waals surface area contributed by atoms with E-state index in [1.807, 2.05) is 36.4 Å². The molecule has 2 aromatic carbocycles. The second-order valence-corrected chi connectivity index (χ2v) is 4.36. The van der Waals surface area contributed by atoms with E-state index in [-0.39, 0.29) is 6.17 Å². The van der Waals surface area contributed by atoms with Gasteiger partial charge in [0.25, 0.3) is 0 Å². The summed E-state index contributed by atoms with van der Waals surface area (Å²) in [5, 5.41) is 7.03. The Bertz CT molecular complexity index is 398. The van der Waals surface area contributed by atoms with Crippen LogP contribution in [-0.4, -0.2) is 6.17 Å². The lowest BCUT2D eigenvalue weighted by Crippen LogP contribution is -2.28. The minimum absolute atomic E-state index is 0.264. The zero-order valence-electron chi connectivity index (χ0n) is 10.8. The van der Waals surface area contributed by atoms with Crippen molar-refractivity contribution in [3.05, 3.63) is 60.7 Å². The normalized spacial score (nSPS) is 10.3. The molecule has 94 valence electrons. The van der Waals surface area contributed by atoms with Gasteiger partial charge in [0, 0.05) is 11.4 Å². The standard InChI is InChI=1S/C16H20N2/c1-2-9-16(17-14-10-5-3-6-11-14)18-15-12-7-4-8-13-15/h3-8,10-13,16-18H,2,9H2,1H3. The lowest BCUT2D eigenvalue weighted by Gasteiger charge is -2.22. The summed E-state index contributed by atoms with van der Waals surface area (Å²) in [5.41, 5.74) is 2.30. The highest BCUT2D eigenvalue weighted by Gasteiger charge is 2.06. The fraction of sp³-hybridized carbons (Fsp3) is 0.250. The van der Waals surface area contributed by atoms with E-state index in [2.05, 4.69) is 41.8 Å². The Hall–Kier alpha value is -1.96. The van der Waals surface area contributed by atoms with Gasteiger partial charge in [-0.15, -0.1) is 0 Å². The maximum Gasteiger partial charge on any atom is 0.0963 e. The summed E-state index contributed by atoms with van der Waals surface area (Å²) < 4.78 is 0. The molecule has 0 amide bonds. The van der Waals surface area contributed by atoms with Gasteiger partial charge in [-0.1, -0.05) is 49.7 Å². The van der Waals surface area contributed by atoms with Crippen molar-refractivity contribution in [1.29, 1.82) is 0 Å². The minimum Gasteiger partial charge on any atom is -0.365 e. The highest BCUT2D eigenvalue weighted by Crippen LogP contribution is 2.13. The van der Waals surface area contributed by atoms with Crippen LogP contribution in [0.5, 0.6) is 0 Å². The van der Waals surface area contributed by atoms with Gasteiger partial charge < -0.3 is 10.6 Å². The third kappa shape index (κ3) is 3.81. The van der Waals surface area contributed by atoms with Crippen molar-refractivity contribution >= 4 is 11.4 Å². The summed E-state index contributed by atoms with van der Waals surface area (Å²) in [5.74, 6) is 0. The average Bonchev–Trinajstić information content (AvgIpc) is 2.41. The maximum absolute atomic E-state index is 3.52. The van der Waals surface area contributed by atoms with Gasteiger partial charge in [0.1, 0.15) is 0 Å². The quantitative estimate of drug-likeness (QED) is 0.734. The third-order valence-corrected chi connectivity index (χ3v) is 2.81. The van der Waals surface area contributed by atoms with Crippen molar-refractivity contribution in [2.45, 2.75) is 25.9 Å². The van der Waals surface area contributed by atoms with Crippen LogP contribution in [0.3, 0.4) is 0 Å². The first-order valence-electron chi connectivity index (χ1n) is 6.51. The van der Waals surface area contributed by atoms with Crippen LogP contribution in [0.1, 0.15) is 19.8 Å². The molecule has 2 heteroatoms. The van der Waals surface area contributed by atoms with Crippen molar-refractivity contribution in [3.63, 3.8) is 0 Å². The van der Waals surface area contributed by atoms with E-state index in [0.717, 1.165) is 24.2 Å². The molecule has 0 saturated carbocycles. The molecule has 0 spiro atoms. The van der Waals surface area contributed by atoms with Gasteiger partial charge in [-0.05, 0) is 30.7 Å². The molecule has 0 aliphatic carbocycles. The van der Waals surface area contributed by atoms with E-state index in [1.165, 1.54) is 0 Å². The first kappa shape index (κ1) is 12.5. The van der Waals surface area contributed by atoms with Crippen LogP contribution in [0.25, 0.3) is 0 Å². The molecule has 0 atom stereocenters. The van der Waals surface area contributed by atoms with Crippen LogP contribution in [0.4, 0.5) is 11.4 Å². The van der Waals surface area contributed by atoms with E-state index in [9.17, 15) is 0 Å². The summed E-state index contributed by atoms with van der Waals surface area (Å²) in [6, 6.07) is 20.6. The minimum atomic E-state index is 0.264. The van der Waals surface area contributed by atoms with Crippen LogP contribution in [0.15, 0.2) is 60.7 Å². The molecule has 0 bridgehead atoms.